The van der Waals surface area contributed by atoms with Crippen LogP contribution in [0.1, 0.15) is 31.8 Å². The molecule has 152 valence electrons. The van der Waals surface area contributed by atoms with Gasteiger partial charge >= 0.3 is 0 Å². The molecular formula is C22H19ClN4O3. The van der Waals surface area contributed by atoms with Gasteiger partial charge in [-0.2, -0.15) is 0 Å². The van der Waals surface area contributed by atoms with Gasteiger partial charge in [0.1, 0.15) is 17.4 Å². The Balaban J connectivity index is 1.87. The standard InChI is InChI=1S/C22H19ClN4O3/c1-30-19-4-2-3-16(22(29)27-20-10-9-15(23)12-26-20)17(19)11-18(28)13-5-7-14(8-6-13)21(24)25/h2-10,12H,11H2,1H3,(H3,24,25)(H,26,27,29). The Labute approximate surface area is 178 Å². The van der Waals surface area contributed by atoms with Crippen LogP contribution in [0, 0.1) is 5.41 Å². The molecule has 0 bridgehead atoms. The number of methoxy groups -OCH3 is 1. The summed E-state index contributed by atoms with van der Waals surface area (Å²) in [5, 5.41) is 10.6. The van der Waals surface area contributed by atoms with E-state index in [2.05, 4.69) is 10.3 Å². The zero-order valence-corrected chi connectivity index (χ0v) is 16.9. The Bertz CT molecular complexity index is 1100. The number of hydrogen-bond donors (Lipinski definition) is 3. The van der Waals surface area contributed by atoms with Gasteiger partial charge in [0.05, 0.1) is 12.1 Å². The number of rotatable bonds is 7. The second-order valence-corrected chi connectivity index (χ2v) is 6.83. The van der Waals surface area contributed by atoms with Gasteiger partial charge in [0.25, 0.3) is 5.91 Å². The summed E-state index contributed by atoms with van der Waals surface area (Å²) in [5.74, 6) is 0.0740. The second-order valence-electron chi connectivity index (χ2n) is 6.39. The fourth-order valence-electron chi connectivity index (χ4n) is 2.88. The highest BCUT2D eigenvalue weighted by Crippen LogP contribution is 2.25. The molecule has 0 aliphatic rings. The van der Waals surface area contributed by atoms with Crippen LogP contribution in [-0.4, -0.2) is 29.6 Å². The lowest BCUT2D eigenvalue weighted by Gasteiger charge is -2.14. The Kier molecular flexibility index (Phi) is 6.44. The first kappa shape index (κ1) is 21.0. The van der Waals surface area contributed by atoms with Crippen molar-refractivity contribution in [2.24, 2.45) is 5.73 Å². The minimum absolute atomic E-state index is 0.0414. The molecule has 4 N–H and O–H groups in total. The first-order chi connectivity index (χ1) is 14.4. The first-order valence-corrected chi connectivity index (χ1v) is 9.33. The van der Waals surface area contributed by atoms with Crippen LogP contribution in [0.3, 0.4) is 0 Å². The van der Waals surface area contributed by atoms with Gasteiger partial charge in [-0.3, -0.25) is 15.0 Å². The van der Waals surface area contributed by atoms with Crippen LogP contribution in [0.2, 0.25) is 5.02 Å². The molecule has 1 heterocycles. The smallest absolute Gasteiger partial charge is 0.257 e. The summed E-state index contributed by atoms with van der Waals surface area (Å²) in [4.78, 5) is 29.7. The molecule has 1 amide bonds. The van der Waals surface area contributed by atoms with E-state index in [4.69, 9.17) is 27.5 Å². The number of nitrogen functional groups attached to an aromatic ring is 1. The van der Waals surface area contributed by atoms with E-state index in [1.165, 1.54) is 13.3 Å². The number of ether oxygens (including phenoxy) is 1. The number of aromatic nitrogens is 1. The molecule has 3 rings (SSSR count). The maximum atomic E-state index is 12.8. The predicted molar refractivity (Wildman–Crippen MR) is 116 cm³/mol. The van der Waals surface area contributed by atoms with Gasteiger partial charge in [-0.1, -0.05) is 41.9 Å². The molecule has 0 atom stereocenters. The average Bonchev–Trinajstić information content (AvgIpc) is 2.75. The van der Waals surface area contributed by atoms with Gasteiger partial charge in [-0.25, -0.2) is 4.98 Å². The van der Waals surface area contributed by atoms with Crippen molar-refractivity contribution in [1.82, 2.24) is 4.98 Å². The van der Waals surface area contributed by atoms with Gasteiger partial charge in [0.2, 0.25) is 0 Å². The molecule has 0 spiro atoms. The molecule has 7 nitrogen and oxygen atoms in total. The van der Waals surface area contributed by atoms with Crippen LogP contribution in [-0.2, 0) is 6.42 Å². The van der Waals surface area contributed by atoms with Gasteiger partial charge in [-0.05, 0) is 24.3 Å². The van der Waals surface area contributed by atoms with Crippen LogP contribution in [0.5, 0.6) is 5.75 Å². The number of anilines is 1. The maximum absolute atomic E-state index is 12.8. The summed E-state index contributed by atoms with van der Waals surface area (Å²) < 4.78 is 5.38. The van der Waals surface area contributed by atoms with E-state index < -0.39 is 5.91 Å². The molecule has 8 heteroatoms. The summed E-state index contributed by atoms with van der Waals surface area (Å²) >= 11 is 5.82. The third kappa shape index (κ3) is 4.82. The number of amides is 1. The van der Waals surface area contributed by atoms with Crippen molar-refractivity contribution in [3.05, 3.63) is 88.1 Å². The molecule has 0 radical (unpaired) electrons. The van der Waals surface area contributed by atoms with Crippen molar-refractivity contribution in [3.63, 3.8) is 0 Å². The number of nitrogens with zero attached hydrogens (tertiary/aromatic N) is 1. The van der Waals surface area contributed by atoms with E-state index in [0.717, 1.165) is 0 Å². The van der Waals surface area contributed by atoms with Crippen molar-refractivity contribution >= 4 is 34.9 Å². The molecule has 0 saturated heterocycles. The Hall–Kier alpha value is -3.71. The van der Waals surface area contributed by atoms with Gasteiger partial charge in [0.15, 0.2) is 5.78 Å². The number of halogens is 1. The first-order valence-electron chi connectivity index (χ1n) is 8.95. The Morgan fingerprint density at radius 3 is 2.40 bits per heavy atom. The van der Waals surface area contributed by atoms with Crippen molar-refractivity contribution in [3.8, 4) is 5.75 Å². The lowest BCUT2D eigenvalue weighted by Crippen LogP contribution is -2.17. The van der Waals surface area contributed by atoms with E-state index >= 15 is 0 Å². The van der Waals surface area contributed by atoms with Crippen molar-refractivity contribution in [2.75, 3.05) is 12.4 Å². The zero-order valence-electron chi connectivity index (χ0n) is 16.1. The number of nitrogens with one attached hydrogen (secondary N) is 2. The molecule has 3 aromatic rings. The van der Waals surface area contributed by atoms with Crippen LogP contribution < -0.4 is 15.8 Å². The highest BCUT2D eigenvalue weighted by atomic mass is 35.5. The molecule has 2 aromatic carbocycles. The summed E-state index contributed by atoms with van der Waals surface area (Å²) in [6.45, 7) is 0. The summed E-state index contributed by atoms with van der Waals surface area (Å²) in [6.07, 6.45) is 1.39. The Morgan fingerprint density at radius 1 is 1.10 bits per heavy atom. The monoisotopic (exact) mass is 422 g/mol. The van der Waals surface area contributed by atoms with Crippen LogP contribution in [0.15, 0.2) is 60.8 Å². The number of Topliss-reactive ketones (excluding diaryl/α,β-unsaturated/α-hetero) is 1. The van der Waals surface area contributed by atoms with Gasteiger partial charge < -0.3 is 15.8 Å². The van der Waals surface area contributed by atoms with E-state index in [1.54, 1.807) is 54.6 Å². The van der Waals surface area contributed by atoms with Crippen LogP contribution in [0.25, 0.3) is 0 Å². The summed E-state index contributed by atoms with van der Waals surface area (Å²) in [6, 6.07) is 14.6. The normalized spacial score (nSPS) is 10.3. The second kappa shape index (κ2) is 9.19. The predicted octanol–water partition coefficient (Wildman–Crippen LogP) is 3.71. The highest BCUT2D eigenvalue weighted by Gasteiger charge is 2.19. The summed E-state index contributed by atoms with van der Waals surface area (Å²) in [7, 11) is 1.48. The fourth-order valence-corrected chi connectivity index (χ4v) is 3.00. The minimum Gasteiger partial charge on any atom is -0.496 e. The molecule has 0 unspecified atom stereocenters. The highest BCUT2D eigenvalue weighted by molar-refractivity contribution is 6.30. The lowest BCUT2D eigenvalue weighted by molar-refractivity contribution is 0.0991. The quantitative estimate of drug-likeness (QED) is 0.305. The largest absolute Gasteiger partial charge is 0.496 e. The molecular weight excluding hydrogens is 404 g/mol. The lowest BCUT2D eigenvalue weighted by atomic mass is 9.96. The molecule has 30 heavy (non-hydrogen) atoms. The van der Waals surface area contributed by atoms with Crippen LogP contribution >= 0.6 is 11.6 Å². The fraction of sp³-hybridized carbons (Fsp3) is 0.0909. The molecule has 0 aliphatic carbocycles. The SMILES string of the molecule is COc1cccc(C(=O)Nc2ccc(Cl)cn2)c1CC(=O)c1ccc(C(=N)N)cc1. The van der Waals surface area contributed by atoms with Gasteiger partial charge in [0, 0.05) is 34.9 Å². The van der Waals surface area contributed by atoms with Gasteiger partial charge in [-0.15, -0.1) is 0 Å². The topological polar surface area (TPSA) is 118 Å². The minimum atomic E-state index is -0.418. The van der Waals surface area contributed by atoms with Crippen molar-refractivity contribution in [2.45, 2.75) is 6.42 Å². The number of ketones is 1. The van der Waals surface area contributed by atoms with E-state index in [-0.39, 0.29) is 18.0 Å². The number of carbonyl (C=O) groups is 2. The number of nitrogens with two attached hydrogens (primary N) is 1. The summed E-state index contributed by atoms with van der Waals surface area (Å²) in [5.41, 5.74) is 7.19. The van der Waals surface area contributed by atoms with Crippen molar-refractivity contribution < 1.29 is 14.3 Å². The van der Waals surface area contributed by atoms with E-state index in [9.17, 15) is 9.59 Å². The third-order valence-electron chi connectivity index (χ3n) is 4.42. The number of hydrogen-bond acceptors (Lipinski definition) is 5. The molecule has 0 fully saturated rings. The molecule has 0 aliphatic heterocycles. The number of carbonyl (C=O) groups excluding carboxylic acids is 2. The van der Waals surface area contributed by atoms with Crippen LogP contribution in [0.4, 0.5) is 5.82 Å². The molecule has 1 aromatic heterocycles. The molecule has 0 saturated carbocycles. The Morgan fingerprint density at radius 2 is 1.80 bits per heavy atom. The number of pyridine rings is 1. The van der Waals surface area contributed by atoms with E-state index in [1.807, 2.05) is 0 Å². The third-order valence-corrected chi connectivity index (χ3v) is 4.65. The maximum Gasteiger partial charge on any atom is 0.257 e. The number of benzene rings is 2. The zero-order chi connectivity index (χ0) is 21.7. The van der Waals surface area contributed by atoms with Crippen molar-refractivity contribution in [1.29, 1.82) is 5.41 Å². The number of amidine groups is 1. The average molecular weight is 423 g/mol. The van der Waals surface area contributed by atoms with E-state index in [0.29, 0.717) is 38.8 Å².